The third kappa shape index (κ3) is 6.02. The summed E-state index contributed by atoms with van der Waals surface area (Å²) in [5, 5.41) is 8.98. The van der Waals surface area contributed by atoms with E-state index in [9.17, 15) is 9.59 Å². The van der Waals surface area contributed by atoms with Crippen LogP contribution in [0.3, 0.4) is 0 Å². The summed E-state index contributed by atoms with van der Waals surface area (Å²) in [7, 11) is 0. The van der Waals surface area contributed by atoms with Crippen LogP contribution >= 0.6 is 0 Å². The number of rotatable bonds is 9. The molecule has 1 N–H and O–H groups in total. The summed E-state index contributed by atoms with van der Waals surface area (Å²) in [6, 6.07) is 26.0. The summed E-state index contributed by atoms with van der Waals surface area (Å²) in [6.45, 7) is 1.53. The van der Waals surface area contributed by atoms with E-state index in [0.29, 0.717) is 36.3 Å². The third-order valence-electron chi connectivity index (χ3n) is 7.03. The maximum Gasteiger partial charge on any atom is 0.303 e. The summed E-state index contributed by atoms with van der Waals surface area (Å²) in [5.74, 6) is -0.282. The van der Waals surface area contributed by atoms with Crippen molar-refractivity contribution in [2.24, 2.45) is 5.92 Å². The molecule has 1 fully saturated rings. The number of carboxylic acid groups (broad SMARTS) is 1. The lowest BCUT2D eigenvalue weighted by Gasteiger charge is -2.17. The van der Waals surface area contributed by atoms with Crippen LogP contribution in [0.2, 0.25) is 0 Å². The van der Waals surface area contributed by atoms with Gasteiger partial charge in [-0.25, -0.2) is 9.97 Å². The number of unbranched alkanes of at least 4 members (excludes halogenated alkanes) is 1. The average molecular weight is 494 g/mol. The van der Waals surface area contributed by atoms with Gasteiger partial charge in [0.15, 0.2) is 0 Å². The molecule has 1 amide bonds. The summed E-state index contributed by atoms with van der Waals surface area (Å²) >= 11 is 0. The lowest BCUT2D eigenvalue weighted by atomic mass is 9.99. The first kappa shape index (κ1) is 24.6. The first-order valence-corrected chi connectivity index (χ1v) is 13.0. The first-order chi connectivity index (χ1) is 18.1. The Kier molecular flexibility index (Phi) is 7.54. The van der Waals surface area contributed by atoms with Crippen LogP contribution in [-0.2, 0) is 17.6 Å². The predicted molar refractivity (Wildman–Crippen MR) is 144 cm³/mol. The van der Waals surface area contributed by atoms with E-state index in [1.54, 1.807) is 0 Å². The molecule has 0 spiro atoms. The second kappa shape index (κ2) is 11.3. The van der Waals surface area contributed by atoms with Crippen molar-refractivity contribution in [3.05, 3.63) is 95.7 Å². The number of carbonyl (C=O) groups excluding carboxylic acids is 1. The molecule has 6 heteroatoms. The van der Waals surface area contributed by atoms with E-state index in [0.717, 1.165) is 48.4 Å². The number of nitrogens with zero attached hydrogens (tertiary/aromatic N) is 3. The Balaban J connectivity index is 1.36. The van der Waals surface area contributed by atoms with Crippen molar-refractivity contribution in [1.82, 2.24) is 14.9 Å². The Bertz CT molecular complexity index is 1390. The van der Waals surface area contributed by atoms with Gasteiger partial charge in [0.1, 0.15) is 0 Å². The smallest absolute Gasteiger partial charge is 0.303 e. The molecule has 4 aromatic rings. The standard InChI is InChI=1S/C31H31N3O3/c35-29(36)14-8-7-13-27-30(24-11-5-2-6-12-24)33-26-16-15-25(20-28(26)32-27)31(37)34-18-17-23(21-34)19-22-9-3-1-4-10-22/h1-6,9-12,15-16,20,23H,7-8,13-14,17-19,21H2,(H,35,36). The Labute approximate surface area is 217 Å². The highest BCUT2D eigenvalue weighted by molar-refractivity contribution is 5.97. The molecular formula is C31H31N3O3. The molecule has 1 saturated heterocycles. The van der Waals surface area contributed by atoms with E-state index in [4.69, 9.17) is 15.1 Å². The molecule has 5 rings (SSSR count). The molecule has 6 nitrogen and oxygen atoms in total. The number of aryl methyl sites for hydroxylation is 1. The van der Waals surface area contributed by atoms with Crippen molar-refractivity contribution in [1.29, 1.82) is 0 Å². The minimum Gasteiger partial charge on any atom is -0.481 e. The molecule has 1 aliphatic heterocycles. The number of likely N-dealkylation sites (tertiary alicyclic amines) is 1. The Morgan fingerprint density at radius 1 is 0.892 bits per heavy atom. The molecule has 0 saturated carbocycles. The molecule has 3 aromatic carbocycles. The van der Waals surface area contributed by atoms with E-state index in [-0.39, 0.29) is 12.3 Å². The second-order valence-electron chi connectivity index (χ2n) is 9.78. The molecule has 188 valence electrons. The molecule has 37 heavy (non-hydrogen) atoms. The van der Waals surface area contributed by atoms with E-state index in [1.165, 1.54) is 5.56 Å². The first-order valence-electron chi connectivity index (χ1n) is 13.0. The van der Waals surface area contributed by atoms with Crippen molar-refractivity contribution < 1.29 is 14.7 Å². The van der Waals surface area contributed by atoms with Crippen LogP contribution in [0.4, 0.5) is 0 Å². The lowest BCUT2D eigenvalue weighted by Crippen LogP contribution is -2.29. The number of aromatic nitrogens is 2. The molecule has 0 aliphatic carbocycles. The number of amides is 1. The van der Waals surface area contributed by atoms with Gasteiger partial charge in [-0.05, 0) is 61.8 Å². The van der Waals surface area contributed by atoms with Crippen LogP contribution in [0.5, 0.6) is 0 Å². The minimum atomic E-state index is -0.788. The Morgan fingerprint density at radius 3 is 2.41 bits per heavy atom. The van der Waals surface area contributed by atoms with Crippen molar-refractivity contribution in [3.8, 4) is 11.3 Å². The van der Waals surface area contributed by atoms with Crippen LogP contribution < -0.4 is 0 Å². The zero-order valence-electron chi connectivity index (χ0n) is 20.8. The van der Waals surface area contributed by atoms with Gasteiger partial charge >= 0.3 is 5.97 Å². The monoisotopic (exact) mass is 493 g/mol. The van der Waals surface area contributed by atoms with E-state index >= 15 is 0 Å². The summed E-state index contributed by atoms with van der Waals surface area (Å²) in [5.41, 5.74) is 6.00. The van der Waals surface area contributed by atoms with E-state index in [2.05, 4.69) is 24.3 Å². The van der Waals surface area contributed by atoms with Crippen molar-refractivity contribution >= 4 is 22.9 Å². The second-order valence-corrected chi connectivity index (χ2v) is 9.78. The van der Waals surface area contributed by atoms with Crippen LogP contribution in [-0.4, -0.2) is 44.9 Å². The molecule has 2 heterocycles. The number of hydrogen-bond acceptors (Lipinski definition) is 4. The van der Waals surface area contributed by atoms with Crippen LogP contribution in [0.25, 0.3) is 22.3 Å². The average Bonchev–Trinajstić information content (AvgIpc) is 3.39. The van der Waals surface area contributed by atoms with Crippen molar-refractivity contribution in [2.45, 2.75) is 38.5 Å². The number of benzene rings is 3. The Hall–Kier alpha value is -4.06. The SMILES string of the molecule is O=C(O)CCCCc1nc2cc(C(=O)N3CCC(Cc4ccccc4)C3)ccc2nc1-c1ccccc1. The predicted octanol–water partition coefficient (Wildman–Crippen LogP) is 5.80. The summed E-state index contributed by atoms with van der Waals surface area (Å²) in [4.78, 5) is 36.1. The third-order valence-corrected chi connectivity index (χ3v) is 7.03. The molecule has 0 radical (unpaired) electrons. The molecule has 0 bridgehead atoms. The highest BCUT2D eigenvalue weighted by atomic mass is 16.4. The van der Waals surface area contributed by atoms with Gasteiger partial charge < -0.3 is 10.0 Å². The van der Waals surface area contributed by atoms with Gasteiger partial charge in [-0.3, -0.25) is 9.59 Å². The normalized spacial score (nSPS) is 15.2. The van der Waals surface area contributed by atoms with Gasteiger partial charge in [0.05, 0.1) is 22.4 Å². The van der Waals surface area contributed by atoms with Crippen molar-refractivity contribution in [3.63, 3.8) is 0 Å². The molecule has 1 atom stereocenters. The highest BCUT2D eigenvalue weighted by Gasteiger charge is 2.27. The van der Waals surface area contributed by atoms with Gasteiger partial charge in [0.2, 0.25) is 0 Å². The molecular weight excluding hydrogens is 462 g/mol. The van der Waals surface area contributed by atoms with Crippen LogP contribution in [0, 0.1) is 5.92 Å². The quantitative estimate of drug-likeness (QED) is 0.298. The summed E-state index contributed by atoms with van der Waals surface area (Å²) < 4.78 is 0. The number of hydrogen-bond donors (Lipinski definition) is 1. The zero-order valence-corrected chi connectivity index (χ0v) is 20.8. The summed E-state index contributed by atoms with van der Waals surface area (Å²) in [6.07, 6.45) is 4.06. The maximum absolute atomic E-state index is 13.4. The van der Waals surface area contributed by atoms with Gasteiger partial charge in [-0.15, -0.1) is 0 Å². The van der Waals surface area contributed by atoms with Gasteiger partial charge in [-0.1, -0.05) is 60.7 Å². The van der Waals surface area contributed by atoms with Crippen molar-refractivity contribution in [2.75, 3.05) is 13.1 Å². The van der Waals surface area contributed by atoms with Gasteiger partial charge in [0.25, 0.3) is 5.91 Å². The number of carbonyl (C=O) groups is 2. The largest absolute Gasteiger partial charge is 0.481 e. The fraction of sp³-hybridized carbons (Fsp3) is 0.290. The van der Waals surface area contributed by atoms with E-state index < -0.39 is 5.97 Å². The zero-order chi connectivity index (χ0) is 25.6. The minimum absolute atomic E-state index is 0.0365. The fourth-order valence-corrected chi connectivity index (χ4v) is 5.11. The number of carboxylic acids is 1. The Morgan fingerprint density at radius 2 is 1.65 bits per heavy atom. The van der Waals surface area contributed by atoms with E-state index in [1.807, 2.05) is 59.5 Å². The molecule has 1 unspecified atom stereocenters. The number of aliphatic carboxylic acids is 1. The lowest BCUT2D eigenvalue weighted by molar-refractivity contribution is -0.137. The highest BCUT2D eigenvalue weighted by Crippen LogP contribution is 2.27. The fourth-order valence-electron chi connectivity index (χ4n) is 5.11. The maximum atomic E-state index is 13.4. The van der Waals surface area contributed by atoms with Crippen LogP contribution in [0.15, 0.2) is 78.9 Å². The molecule has 1 aromatic heterocycles. The molecule has 1 aliphatic rings. The van der Waals surface area contributed by atoms with Crippen LogP contribution in [0.1, 0.15) is 47.3 Å². The van der Waals surface area contributed by atoms with Gasteiger partial charge in [-0.2, -0.15) is 0 Å². The number of fused-ring (bicyclic) bond motifs is 1. The van der Waals surface area contributed by atoms with Gasteiger partial charge in [0, 0.05) is 30.6 Å². The topological polar surface area (TPSA) is 83.4 Å².